The van der Waals surface area contributed by atoms with Crippen LogP contribution in [0.15, 0.2) is 29.2 Å². The van der Waals surface area contributed by atoms with Crippen molar-refractivity contribution in [2.24, 2.45) is 5.73 Å². The first-order valence-electron chi connectivity index (χ1n) is 4.23. The monoisotopic (exact) mass is 179 g/mol. The molecule has 1 saturated carbocycles. The number of nitrogens with two attached hydrogens (primary N) is 1. The minimum Gasteiger partial charge on any atom is -0.317 e. The van der Waals surface area contributed by atoms with Gasteiger partial charge in [-0.2, -0.15) is 0 Å². The Kier molecular flexibility index (Phi) is 1.89. The Morgan fingerprint density at radius 3 is 2.75 bits per heavy atom. The van der Waals surface area contributed by atoms with Gasteiger partial charge in [-0.1, -0.05) is 17.7 Å². The number of aryl methyl sites for hydroxylation is 1. The van der Waals surface area contributed by atoms with Crippen molar-refractivity contribution in [3.8, 4) is 0 Å². The summed E-state index contributed by atoms with van der Waals surface area (Å²) in [6.07, 6.45) is 2.32. The average molecular weight is 179 g/mol. The molecule has 64 valence electrons. The van der Waals surface area contributed by atoms with E-state index < -0.39 is 0 Å². The van der Waals surface area contributed by atoms with Gasteiger partial charge in [0.15, 0.2) is 0 Å². The highest BCUT2D eigenvalue weighted by molar-refractivity contribution is 8.01. The van der Waals surface area contributed by atoms with Crippen LogP contribution in [0.25, 0.3) is 0 Å². The summed E-state index contributed by atoms with van der Waals surface area (Å²) in [5.74, 6) is 0. The molecular formula is C10H13NS. The van der Waals surface area contributed by atoms with E-state index >= 15 is 0 Å². The number of rotatable bonds is 2. The first-order valence-corrected chi connectivity index (χ1v) is 5.04. The molecule has 2 N–H and O–H groups in total. The highest BCUT2D eigenvalue weighted by atomic mass is 32.2. The van der Waals surface area contributed by atoms with Crippen molar-refractivity contribution in [2.75, 3.05) is 0 Å². The van der Waals surface area contributed by atoms with Crippen LogP contribution in [0.2, 0.25) is 0 Å². The second-order valence-corrected chi connectivity index (χ2v) is 4.97. The molecule has 1 fully saturated rings. The molecule has 0 aromatic heterocycles. The summed E-state index contributed by atoms with van der Waals surface area (Å²) in [5.41, 5.74) is 7.30. The molecule has 1 nitrogen and oxygen atoms in total. The quantitative estimate of drug-likeness (QED) is 0.706. The van der Waals surface area contributed by atoms with Gasteiger partial charge < -0.3 is 5.73 Å². The summed E-state index contributed by atoms with van der Waals surface area (Å²) in [7, 11) is 0. The molecule has 2 rings (SSSR count). The smallest absolute Gasteiger partial charge is 0.0668 e. The maximum absolute atomic E-state index is 5.99. The van der Waals surface area contributed by atoms with Gasteiger partial charge in [-0.25, -0.2) is 0 Å². The van der Waals surface area contributed by atoms with Crippen LogP contribution in [0.4, 0.5) is 0 Å². The summed E-state index contributed by atoms with van der Waals surface area (Å²) < 4.78 is 0. The largest absolute Gasteiger partial charge is 0.317 e. The Morgan fingerprint density at radius 1 is 1.42 bits per heavy atom. The van der Waals surface area contributed by atoms with Gasteiger partial charge >= 0.3 is 0 Å². The predicted octanol–water partition coefficient (Wildman–Crippen LogP) is 2.54. The zero-order chi connectivity index (χ0) is 8.60. The molecule has 1 aliphatic carbocycles. The minimum absolute atomic E-state index is 0.0633. The lowest BCUT2D eigenvalue weighted by Gasteiger charge is -2.07. The molecule has 0 bridgehead atoms. The van der Waals surface area contributed by atoms with E-state index in [-0.39, 0.29) is 4.87 Å². The van der Waals surface area contributed by atoms with Gasteiger partial charge in [0.1, 0.15) is 0 Å². The molecule has 0 radical (unpaired) electrons. The zero-order valence-electron chi connectivity index (χ0n) is 7.21. The predicted molar refractivity (Wildman–Crippen MR) is 53.2 cm³/mol. The molecule has 0 heterocycles. The van der Waals surface area contributed by atoms with Gasteiger partial charge in [0.05, 0.1) is 4.87 Å². The summed E-state index contributed by atoms with van der Waals surface area (Å²) in [6.45, 7) is 2.11. The third-order valence-electron chi connectivity index (χ3n) is 2.05. The first kappa shape index (κ1) is 8.14. The van der Waals surface area contributed by atoms with E-state index in [0.717, 1.165) is 12.8 Å². The maximum atomic E-state index is 5.99. The number of benzene rings is 1. The normalized spacial score (nSPS) is 19.2. The number of thioether (sulfide) groups is 1. The lowest BCUT2D eigenvalue weighted by Crippen LogP contribution is -2.15. The van der Waals surface area contributed by atoms with Gasteiger partial charge in [0, 0.05) is 4.90 Å². The molecule has 0 aliphatic heterocycles. The Hall–Kier alpha value is -0.470. The highest BCUT2D eigenvalue weighted by Gasteiger charge is 2.39. The molecule has 1 aromatic carbocycles. The van der Waals surface area contributed by atoms with Crippen molar-refractivity contribution >= 4 is 11.8 Å². The van der Waals surface area contributed by atoms with Crippen molar-refractivity contribution in [2.45, 2.75) is 29.5 Å². The van der Waals surface area contributed by atoms with E-state index in [1.807, 2.05) is 0 Å². The van der Waals surface area contributed by atoms with Gasteiger partial charge in [-0.05, 0) is 31.9 Å². The van der Waals surface area contributed by atoms with E-state index in [2.05, 4.69) is 31.2 Å². The lowest BCUT2D eigenvalue weighted by atomic mass is 10.2. The number of hydrogen-bond acceptors (Lipinski definition) is 2. The topological polar surface area (TPSA) is 26.0 Å². The van der Waals surface area contributed by atoms with Crippen LogP contribution in [-0.4, -0.2) is 4.87 Å². The van der Waals surface area contributed by atoms with Crippen molar-refractivity contribution in [3.05, 3.63) is 29.8 Å². The second-order valence-electron chi connectivity index (χ2n) is 3.48. The van der Waals surface area contributed by atoms with E-state index in [1.54, 1.807) is 11.8 Å². The number of hydrogen-bond donors (Lipinski definition) is 1. The van der Waals surface area contributed by atoms with Crippen LogP contribution in [0.1, 0.15) is 18.4 Å². The van der Waals surface area contributed by atoms with Crippen molar-refractivity contribution < 1.29 is 0 Å². The van der Waals surface area contributed by atoms with Crippen LogP contribution in [-0.2, 0) is 0 Å². The molecule has 1 aromatic rings. The molecule has 0 unspecified atom stereocenters. The highest BCUT2D eigenvalue weighted by Crippen LogP contribution is 2.46. The van der Waals surface area contributed by atoms with Crippen molar-refractivity contribution in [1.29, 1.82) is 0 Å². The van der Waals surface area contributed by atoms with Crippen LogP contribution in [0.3, 0.4) is 0 Å². The van der Waals surface area contributed by atoms with Gasteiger partial charge in [-0.15, -0.1) is 11.8 Å². The van der Waals surface area contributed by atoms with E-state index in [4.69, 9.17) is 5.73 Å². The van der Waals surface area contributed by atoms with Crippen molar-refractivity contribution in [1.82, 2.24) is 0 Å². The van der Waals surface area contributed by atoms with Gasteiger partial charge in [0.25, 0.3) is 0 Å². The average Bonchev–Trinajstić information content (AvgIpc) is 2.67. The molecule has 0 spiro atoms. The molecule has 0 saturated heterocycles. The Bertz CT molecular complexity index is 292. The van der Waals surface area contributed by atoms with E-state index in [1.165, 1.54) is 10.5 Å². The lowest BCUT2D eigenvalue weighted by molar-refractivity contribution is 0.981. The molecule has 1 aliphatic rings. The third-order valence-corrected chi connectivity index (χ3v) is 3.36. The van der Waals surface area contributed by atoms with E-state index in [9.17, 15) is 0 Å². The molecule has 12 heavy (non-hydrogen) atoms. The van der Waals surface area contributed by atoms with Gasteiger partial charge in [-0.3, -0.25) is 0 Å². The minimum atomic E-state index is 0.0633. The zero-order valence-corrected chi connectivity index (χ0v) is 8.03. The van der Waals surface area contributed by atoms with E-state index in [0.29, 0.717) is 0 Å². The summed E-state index contributed by atoms with van der Waals surface area (Å²) >= 11 is 1.80. The molecular weight excluding hydrogens is 166 g/mol. The third kappa shape index (κ3) is 1.82. The fourth-order valence-corrected chi connectivity index (χ4v) is 2.31. The standard InChI is InChI=1S/C10H13NS/c1-8-3-2-4-9(7-8)12-10(11)5-6-10/h2-4,7H,5-6,11H2,1H3. The fraction of sp³-hybridized carbons (Fsp3) is 0.400. The SMILES string of the molecule is Cc1cccc(SC2(N)CC2)c1. The summed E-state index contributed by atoms with van der Waals surface area (Å²) in [6, 6.07) is 8.52. The molecule has 0 amide bonds. The summed E-state index contributed by atoms with van der Waals surface area (Å²) in [5, 5.41) is 0. The van der Waals surface area contributed by atoms with Gasteiger partial charge in [0.2, 0.25) is 0 Å². The fourth-order valence-electron chi connectivity index (χ4n) is 1.14. The molecule has 2 heteroatoms. The molecule has 0 atom stereocenters. The Balaban J connectivity index is 2.12. The summed E-state index contributed by atoms with van der Waals surface area (Å²) in [4.78, 5) is 1.36. The van der Waals surface area contributed by atoms with Crippen molar-refractivity contribution in [3.63, 3.8) is 0 Å². The maximum Gasteiger partial charge on any atom is 0.0668 e. The van der Waals surface area contributed by atoms with Crippen LogP contribution >= 0.6 is 11.8 Å². The van der Waals surface area contributed by atoms with Crippen LogP contribution in [0.5, 0.6) is 0 Å². The van der Waals surface area contributed by atoms with Crippen LogP contribution < -0.4 is 5.73 Å². The first-order chi connectivity index (χ1) is 5.68. The van der Waals surface area contributed by atoms with Crippen LogP contribution in [0, 0.1) is 6.92 Å². The Labute approximate surface area is 77.3 Å². The second kappa shape index (κ2) is 2.79. The Morgan fingerprint density at radius 2 is 2.17 bits per heavy atom.